The van der Waals surface area contributed by atoms with E-state index in [0.717, 1.165) is 19.3 Å². The van der Waals surface area contributed by atoms with E-state index in [1.807, 2.05) is 11.8 Å². The maximum Gasteiger partial charge on any atom is 0.317 e. The molecule has 0 unspecified atom stereocenters. The van der Waals surface area contributed by atoms with E-state index >= 15 is 0 Å². The highest BCUT2D eigenvalue weighted by Crippen LogP contribution is 2.19. The molecule has 2 fully saturated rings. The third-order valence-electron chi connectivity index (χ3n) is 4.65. The molecule has 2 aliphatic rings. The van der Waals surface area contributed by atoms with Crippen molar-refractivity contribution in [1.29, 1.82) is 0 Å². The van der Waals surface area contributed by atoms with Gasteiger partial charge in [0.1, 0.15) is 0 Å². The van der Waals surface area contributed by atoms with Crippen molar-refractivity contribution in [2.75, 3.05) is 39.0 Å². The normalized spacial score (nSPS) is 27.9. The SMILES string of the molecule is CC[C@@H]1CN(C(=O)NCC2CCN(S(C)(=O)=O)CC2)C[C@H](C)O1. The molecule has 0 saturated carbocycles. The summed E-state index contributed by atoms with van der Waals surface area (Å²) in [5, 5.41) is 3.00. The number of amides is 2. The molecule has 0 aliphatic carbocycles. The van der Waals surface area contributed by atoms with Gasteiger partial charge < -0.3 is 15.0 Å². The number of sulfonamides is 1. The standard InChI is InChI=1S/C15H29N3O4S/c1-4-14-11-17(10-12(2)22-14)15(19)16-9-13-5-7-18(8-6-13)23(3,20)21/h12-14H,4-11H2,1-3H3,(H,16,19)/t12-,14+/m0/s1. The Morgan fingerprint density at radius 3 is 2.48 bits per heavy atom. The van der Waals surface area contributed by atoms with Gasteiger partial charge in [0, 0.05) is 32.7 Å². The largest absolute Gasteiger partial charge is 0.372 e. The summed E-state index contributed by atoms with van der Waals surface area (Å²) < 4.78 is 30.3. The molecule has 2 amide bonds. The molecule has 0 radical (unpaired) electrons. The third kappa shape index (κ3) is 5.32. The number of carbonyl (C=O) groups is 1. The van der Waals surface area contributed by atoms with Gasteiger partial charge in [0.15, 0.2) is 0 Å². The summed E-state index contributed by atoms with van der Waals surface area (Å²) in [7, 11) is -3.09. The maximum atomic E-state index is 12.3. The van der Waals surface area contributed by atoms with E-state index in [-0.39, 0.29) is 18.2 Å². The Morgan fingerprint density at radius 1 is 1.26 bits per heavy atom. The van der Waals surface area contributed by atoms with Crippen molar-refractivity contribution >= 4 is 16.1 Å². The molecule has 8 heteroatoms. The van der Waals surface area contributed by atoms with Gasteiger partial charge in [-0.05, 0) is 32.1 Å². The minimum atomic E-state index is -3.09. The maximum absolute atomic E-state index is 12.3. The Hall–Kier alpha value is -0.860. The molecule has 0 aromatic carbocycles. The van der Waals surface area contributed by atoms with Crippen molar-refractivity contribution < 1.29 is 17.9 Å². The first-order valence-corrected chi connectivity index (χ1v) is 10.3. The number of hydrogen-bond acceptors (Lipinski definition) is 4. The zero-order valence-electron chi connectivity index (χ0n) is 14.3. The van der Waals surface area contributed by atoms with Crippen LogP contribution in [0, 0.1) is 5.92 Å². The first kappa shape index (κ1) is 18.5. The first-order chi connectivity index (χ1) is 10.8. The van der Waals surface area contributed by atoms with Gasteiger partial charge in [-0.3, -0.25) is 0 Å². The van der Waals surface area contributed by atoms with Crippen molar-refractivity contribution in [3.8, 4) is 0 Å². The summed E-state index contributed by atoms with van der Waals surface area (Å²) in [6, 6.07) is -0.0378. The van der Waals surface area contributed by atoms with E-state index in [9.17, 15) is 13.2 Å². The summed E-state index contributed by atoms with van der Waals surface area (Å²) in [6.07, 6.45) is 3.92. The number of morpholine rings is 1. The lowest BCUT2D eigenvalue weighted by atomic mass is 9.98. The van der Waals surface area contributed by atoms with Crippen LogP contribution >= 0.6 is 0 Å². The van der Waals surface area contributed by atoms with Crippen LogP contribution in [0.4, 0.5) is 4.79 Å². The van der Waals surface area contributed by atoms with Gasteiger partial charge in [0.25, 0.3) is 0 Å². The molecule has 0 spiro atoms. The minimum absolute atomic E-state index is 0.0378. The van der Waals surface area contributed by atoms with Crippen LogP contribution in [0.3, 0.4) is 0 Å². The number of rotatable bonds is 4. The molecule has 7 nitrogen and oxygen atoms in total. The van der Waals surface area contributed by atoms with Crippen LogP contribution in [-0.4, -0.2) is 74.8 Å². The van der Waals surface area contributed by atoms with E-state index in [2.05, 4.69) is 12.2 Å². The molecule has 1 N–H and O–H groups in total. The molecule has 2 atom stereocenters. The smallest absolute Gasteiger partial charge is 0.317 e. The van der Waals surface area contributed by atoms with Crippen molar-refractivity contribution in [3.05, 3.63) is 0 Å². The van der Waals surface area contributed by atoms with Gasteiger partial charge in [-0.15, -0.1) is 0 Å². The molecular weight excluding hydrogens is 318 g/mol. The zero-order valence-corrected chi connectivity index (χ0v) is 15.1. The summed E-state index contributed by atoms with van der Waals surface area (Å²) in [4.78, 5) is 14.2. The molecule has 2 heterocycles. The quantitative estimate of drug-likeness (QED) is 0.818. The van der Waals surface area contributed by atoms with Crippen LogP contribution < -0.4 is 5.32 Å². The fraction of sp³-hybridized carbons (Fsp3) is 0.933. The van der Waals surface area contributed by atoms with Crippen LogP contribution in [0.15, 0.2) is 0 Å². The van der Waals surface area contributed by atoms with Gasteiger partial charge >= 0.3 is 6.03 Å². The highest BCUT2D eigenvalue weighted by Gasteiger charge is 2.29. The Morgan fingerprint density at radius 2 is 1.91 bits per heavy atom. The summed E-state index contributed by atoms with van der Waals surface area (Å²) in [5.74, 6) is 0.345. The number of nitrogens with one attached hydrogen (secondary N) is 1. The van der Waals surface area contributed by atoms with Crippen LogP contribution in [0.1, 0.15) is 33.1 Å². The highest BCUT2D eigenvalue weighted by atomic mass is 32.2. The summed E-state index contributed by atoms with van der Waals surface area (Å²) in [6.45, 7) is 7.02. The molecule has 0 bridgehead atoms. The van der Waals surface area contributed by atoms with E-state index in [1.165, 1.54) is 10.6 Å². The average Bonchev–Trinajstić information content (AvgIpc) is 2.51. The lowest BCUT2D eigenvalue weighted by Gasteiger charge is -2.37. The predicted octanol–water partition coefficient (Wildman–Crippen LogP) is 0.867. The molecule has 2 rings (SSSR count). The van der Waals surface area contributed by atoms with Gasteiger partial charge in [-0.25, -0.2) is 17.5 Å². The minimum Gasteiger partial charge on any atom is -0.372 e. The molecule has 2 aliphatic heterocycles. The molecule has 0 aromatic rings. The van der Waals surface area contributed by atoms with Gasteiger partial charge in [-0.2, -0.15) is 0 Å². The van der Waals surface area contributed by atoms with Crippen molar-refractivity contribution in [3.63, 3.8) is 0 Å². The molecule has 2 saturated heterocycles. The highest BCUT2D eigenvalue weighted by molar-refractivity contribution is 7.88. The lowest BCUT2D eigenvalue weighted by molar-refractivity contribution is -0.0646. The second kappa shape index (κ2) is 7.81. The molecule has 23 heavy (non-hydrogen) atoms. The van der Waals surface area contributed by atoms with Crippen LogP contribution in [0.25, 0.3) is 0 Å². The molecular formula is C15H29N3O4S. The Kier molecular flexibility index (Phi) is 6.27. The number of nitrogens with zero attached hydrogens (tertiary/aromatic N) is 2. The Labute approximate surface area is 139 Å². The molecule has 0 aromatic heterocycles. The van der Waals surface area contributed by atoms with Gasteiger partial charge in [0.2, 0.25) is 10.0 Å². The second-order valence-corrected chi connectivity index (χ2v) is 8.66. The number of piperidine rings is 1. The number of hydrogen-bond donors (Lipinski definition) is 1. The second-order valence-electron chi connectivity index (χ2n) is 6.67. The summed E-state index contributed by atoms with van der Waals surface area (Å²) in [5.41, 5.74) is 0. The predicted molar refractivity (Wildman–Crippen MR) is 88.7 cm³/mol. The van der Waals surface area contributed by atoms with Crippen LogP contribution in [0.5, 0.6) is 0 Å². The topological polar surface area (TPSA) is 79.0 Å². The van der Waals surface area contributed by atoms with Crippen LogP contribution in [0.2, 0.25) is 0 Å². The van der Waals surface area contributed by atoms with Crippen molar-refractivity contribution in [1.82, 2.24) is 14.5 Å². The zero-order chi connectivity index (χ0) is 17.0. The monoisotopic (exact) mass is 347 g/mol. The van der Waals surface area contributed by atoms with E-state index in [0.29, 0.717) is 38.6 Å². The lowest BCUT2D eigenvalue weighted by Crippen LogP contribution is -2.53. The van der Waals surface area contributed by atoms with Crippen molar-refractivity contribution in [2.24, 2.45) is 5.92 Å². The third-order valence-corrected chi connectivity index (χ3v) is 5.96. The number of carbonyl (C=O) groups excluding carboxylic acids is 1. The fourth-order valence-electron chi connectivity index (χ4n) is 3.22. The van der Waals surface area contributed by atoms with E-state index < -0.39 is 10.0 Å². The van der Waals surface area contributed by atoms with Gasteiger partial charge in [0.05, 0.1) is 18.5 Å². The van der Waals surface area contributed by atoms with Gasteiger partial charge in [-0.1, -0.05) is 6.92 Å². The van der Waals surface area contributed by atoms with E-state index in [1.54, 1.807) is 0 Å². The van der Waals surface area contributed by atoms with Crippen molar-refractivity contribution in [2.45, 2.75) is 45.3 Å². The van der Waals surface area contributed by atoms with E-state index in [4.69, 9.17) is 4.74 Å². The first-order valence-electron chi connectivity index (χ1n) is 8.43. The Bertz CT molecular complexity index is 503. The Balaban J connectivity index is 1.75. The summed E-state index contributed by atoms with van der Waals surface area (Å²) >= 11 is 0. The molecule has 134 valence electrons. The average molecular weight is 347 g/mol. The number of ether oxygens (including phenoxy) is 1. The fourth-order valence-corrected chi connectivity index (χ4v) is 4.10. The van der Waals surface area contributed by atoms with Crippen LogP contribution in [-0.2, 0) is 14.8 Å². The number of urea groups is 1.